The van der Waals surface area contributed by atoms with E-state index in [1.54, 1.807) is 11.3 Å². The number of thiazole rings is 1. The Kier molecular flexibility index (Phi) is 6.67. The molecule has 2 aromatic heterocycles. The Hall–Kier alpha value is -2.72. The predicted molar refractivity (Wildman–Crippen MR) is 125 cm³/mol. The van der Waals surface area contributed by atoms with Crippen molar-refractivity contribution < 1.29 is 4.79 Å². The number of benzene rings is 1. The quantitative estimate of drug-likeness (QED) is 0.478. The van der Waals surface area contributed by atoms with Crippen molar-refractivity contribution in [2.24, 2.45) is 5.92 Å². The van der Waals surface area contributed by atoms with Crippen molar-refractivity contribution in [2.45, 2.75) is 43.7 Å². The fourth-order valence-electron chi connectivity index (χ4n) is 2.90. The van der Waals surface area contributed by atoms with Gasteiger partial charge < -0.3 is 10.2 Å². The Balaban J connectivity index is 1.53. The molecule has 1 aliphatic carbocycles. The number of anilines is 4. The van der Waals surface area contributed by atoms with Crippen LogP contribution in [0.25, 0.3) is 0 Å². The molecule has 4 rings (SSSR count). The number of hydrogen-bond acceptors (Lipinski definition) is 9. The van der Waals surface area contributed by atoms with E-state index in [1.165, 1.54) is 11.8 Å². The zero-order valence-electron chi connectivity index (χ0n) is 17.8. The van der Waals surface area contributed by atoms with Crippen LogP contribution in [0.4, 0.5) is 22.7 Å². The molecule has 0 spiro atoms. The van der Waals surface area contributed by atoms with E-state index in [9.17, 15) is 4.79 Å². The van der Waals surface area contributed by atoms with Gasteiger partial charge in [0.1, 0.15) is 0 Å². The van der Waals surface area contributed by atoms with Crippen LogP contribution in [0.5, 0.6) is 0 Å². The van der Waals surface area contributed by atoms with Crippen LogP contribution in [0.1, 0.15) is 31.6 Å². The third kappa shape index (κ3) is 5.71. The van der Waals surface area contributed by atoms with E-state index in [0.717, 1.165) is 46.5 Å². The monoisotopic (exact) mass is 455 g/mol. The predicted octanol–water partition coefficient (Wildman–Crippen LogP) is 4.73. The summed E-state index contributed by atoms with van der Waals surface area (Å²) in [6.45, 7) is 7.76. The molecule has 1 amide bonds. The fraction of sp³-hybridized carbons (Fsp3) is 0.381. The largest absolute Gasteiger partial charge is 0.341 e. The lowest BCUT2D eigenvalue weighted by Crippen LogP contribution is -2.25. The molecule has 162 valence electrons. The van der Waals surface area contributed by atoms with Crippen molar-refractivity contribution in [3.05, 3.63) is 35.3 Å². The van der Waals surface area contributed by atoms with Crippen molar-refractivity contribution >= 4 is 51.7 Å². The van der Waals surface area contributed by atoms with Crippen LogP contribution in [-0.4, -0.2) is 38.9 Å². The van der Waals surface area contributed by atoms with Crippen molar-refractivity contribution in [2.75, 3.05) is 28.6 Å². The van der Waals surface area contributed by atoms with Gasteiger partial charge in [-0.25, -0.2) is 4.98 Å². The second-order valence-corrected chi connectivity index (χ2v) is 9.48. The fourth-order valence-corrected chi connectivity index (χ4v) is 4.31. The average molecular weight is 456 g/mol. The van der Waals surface area contributed by atoms with E-state index in [-0.39, 0.29) is 11.8 Å². The zero-order chi connectivity index (χ0) is 21.8. The Morgan fingerprint density at radius 3 is 2.52 bits per heavy atom. The zero-order valence-corrected chi connectivity index (χ0v) is 19.4. The number of rotatable bonds is 9. The van der Waals surface area contributed by atoms with Gasteiger partial charge in [-0.05, 0) is 69.6 Å². The average Bonchev–Trinajstić information content (AvgIpc) is 3.53. The molecule has 0 radical (unpaired) electrons. The molecule has 10 heteroatoms. The molecular formula is C21H25N7OS2. The first-order chi connectivity index (χ1) is 15.0. The maximum Gasteiger partial charge on any atom is 0.234 e. The summed E-state index contributed by atoms with van der Waals surface area (Å²) in [6.07, 6.45) is 3.80. The minimum Gasteiger partial charge on any atom is -0.341 e. The minimum atomic E-state index is 0.106. The molecule has 2 heterocycles. The van der Waals surface area contributed by atoms with Gasteiger partial charge in [-0.1, -0.05) is 0 Å². The van der Waals surface area contributed by atoms with E-state index in [0.29, 0.717) is 17.1 Å². The molecule has 0 aliphatic heterocycles. The summed E-state index contributed by atoms with van der Waals surface area (Å²) in [7, 11) is 0. The van der Waals surface area contributed by atoms with E-state index in [4.69, 9.17) is 0 Å². The first kappa shape index (κ1) is 21.5. The maximum absolute atomic E-state index is 11.9. The van der Waals surface area contributed by atoms with Gasteiger partial charge in [0.25, 0.3) is 0 Å². The second-order valence-electron chi connectivity index (χ2n) is 7.20. The van der Waals surface area contributed by atoms with Crippen LogP contribution < -0.4 is 15.5 Å². The van der Waals surface area contributed by atoms with Crippen molar-refractivity contribution in [3.8, 4) is 0 Å². The molecule has 0 unspecified atom stereocenters. The van der Waals surface area contributed by atoms with Gasteiger partial charge in [0.15, 0.2) is 10.3 Å². The number of carbonyl (C=O) groups is 1. The highest BCUT2D eigenvalue weighted by molar-refractivity contribution is 7.99. The Labute approximate surface area is 189 Å². The van der Waals surface area contributed by atoms with Crippen LogP contribution in [-0.2, 0) is 4.79 Å². The summed E-state index contributed by atoms with van der Waals surface area (Å²) in [5.41, 5.74) is 0.808. The number of hydrogen-bond donors (Lipinski definition) is 2. The lowest BCUT2D eigenvalue weighted by molar-refractivity contribution is -0.117. The van der Waals surface area contributed by atoms with Crippen molar-refractivity contribution in [1.29, 1.82) is 0 Å². The number of carbonyl (C=O) groups excluding carboxylic acids is 1. The van der Waals surface area contributed by atoms with Crippen LogP contribution in [0.15, 0.2) is 40.5 Å². The number of amides is 1. The van der Waals surface area contributed by atoms with Crippen LogP contribution >= 0.6 is 23.1 Å². The van der Waals surface area contributed by atoms with Gasteiger partial charge in [-0.15, -0.1) is 11.3 Å². The number of aryl methyl sites for hydroxylation is 1. The Bertz CT molecular complexity index is 1050. The minimum absolute atomic E-state index is 0.106. The third-order valence-electron chi connectivity index (χ3n) is 4.77. The molecule has 2 N–H and O–H groups in total. The van der Waals surface area contributed by atoms with Gasteiger partial charge in [-0.2, -0.15) is 15.0 Å². The van der Waals surface area contributed by atoms with Crippen molar-refractivity contribution in [3.63, 3.8) is 0 Å². The number of nitrogens with zero attached hydrogens (tertiary/aromatic N) is 5. The Morgan fingerprint density at radius 1 is 1.16 bits per heavy atom. The van der Waals surface area contributed by atoms with Gasteiger partial charge in [0.05, 0.1) is 0 Å². The normalized spacial score (nSPS) is 13.1. The molecule has 8 nitrogen and oxygen atoms in total. The summed E-state index contributed by atoms with van der Waals surface area (Å²) in [5.74, 6) is 1.40. The summed E-state index contributed by atoms with van der Waals surface area (Å²) in [6, 6.07) is 7.75. The standard InChI is InChI=1S/C21H25N7OS2/c1-4-28(5-2)19-24-18(25-20-22-12-13(3)30-20)26-21(27-19)31-16-10-8-15(9-11-16)23-17(29)14-6-7-14/h8-12,14H,4-7H2,1-3H3,(H,23,29)(H,22,24,25,26,27). The first-order valence-electron chi connectivity index (χ1n) is 10.3. The van der Waals surface area contributed by atoms with E-state index in [2.05, 4.69) is 49.3 Å². The van der Waals surface area contributed by atoms with Crippen molar-refractivity contribution in [1.82, 2.24) is 19.9 Å². The molecule has 3 aromatic rings. The summed E-state index contributed by atoms with van der Waals surface area (Å²) < 4.78 is 0. The highest BCUT2D eigenvalue weighted by atomic mass is 32.2. The number of aromatic nitrogens is 4. The molecular weight excluding hydrogens is 430 g/mol. The summed E-state index contributed by atoms with van der Waals surface area (Å²) in [5, 5.41) is 7.51. The molecule has 1 aromatic carbocycles. The molecule has 0 saturated heterocycles. The van der Waals surface area contributed by atoms with Gasteiger partial charge >= 0.3 is 0 Å². The van der Waals surface area contributed by atoms with Gasteiger partial charge in [0, 0.05) is 40.7 Å². The van der Waals surface area contributed by atoms with E-state index >= 15 is 0 Å². The molecule has 31 heavy (non-hydrogen) atoms. The number of nitrogens with one attached hydrogen (secondary N) is 2. The van der Waals surface area contributed by atoms with Crippen LogP contribution in [0.2, 0.25) is 0 Å². The lowest BCUT2D eigenvalue weighted by Gasteiger charge is -2.19. The lowest BCUT2D eigenvalue weighted by atomic mass is 10.3. The van der Waals surface area contributed by atoms with Gasteiger partial charge in [-0.3, -0.25) is 10.1 Å². The molecule has 0 bridgehead atoms. The molecule has 1 aliphatic rings. The molecule has 0 atom stereocenters. The van der Waals surface area contributed by atoms with E-state index in [1.807, 2.05) is 37.4 Å². The van der Waals surface area contributed by atoms with Gasteiger partial charge in [0.2, 0.25) is 17.8 Å². The Morgan fingerprint density at radius 2 is 1.90 bits per heavy atom. The highest BCUT2D eigenvalue weighted by Gasteiger charge is 2.29. The van der Waals surface area contributed by atoms with Crippen LogP contribution in [0, 0.1) is 12.8 Å². The third-order valence-corrected chi connectivity index (χ3v) is 6.47. The summed E-state index contributed by atoms with van der Waals surface area (Å²) >= 11 is 3.01. The van der Waals surface area contributed by atoms with E-state index < -0.39 is 0 Å². The van der Waals surface area contributed by atoms with Crippen LogP contribution in [0.3, 0.4) is 0 Å². The molecule has 1 fully saturated rings. The highest BCUT2D eigenvalue weighted by Crippen LogP contribution is 2.31. The molecule has 1 saturated carbocycles. The smallest absolute Gasteiger partial charge is 0.234 e. The topological polar surface area (TPSA) is 95.9 Å². The first-order valence-corrected chi connectivity index (χ1v) is 12.0. The SMILES string of the molecule is CCN(CC)c1nc(Nc2ncc(C)s2)nc(Sc2ccc(NC(=O)C3CC3)cc2)n1. The summed E-state index contributed by atoms with van der Waals surface area (Å²) in [4.78, 5) is 34.3. The second kappa shape index (κ2) is 9.61. The maximum atomic E-state index is 11.9.